The van der Waals surface area contributed by atoms with Gasteiger partial charge in [-0.3, -0.25) is 0 Å². The fraction of sp³-hybridized carbons (Fsp3) is 0.167. The summed E-state index contributed by atoms with van der Waals surface area (Å²) in [4.78, 5) is 20.7. The Morgan fingerprint density at radius 1 is 1.08 bits per heavy atom. The predicted molar refractivity (Wildman–Crippen MR) is 91.6 cm³/mol. The fourth-order valence-corrected chi connectivity index (χ4v) is 2.46. The highest BCUT2D eigenvalue weighted by Crippen LogP contribution is 2.25. The van der Waals surface area contributed by atoms with Crippen LogP contribution in [0.15, 0.2) is 42.5 Å². The molecular weight excluding hydrogens is 328 g/mol. The van der Waals surface area contributed by atoms with Crippen LogP contribution in [-0.2, 0) is 4.79 Å². The minimum Gasteiger partial charge on any atom is -0.480 e. The molecule has 122 valence electrons. The van der Waals surface area contributed by atoms with E-state index in [4.69, 9.17) is 21.1 Å². The quantitative estimate of drug-likeness (QED) is 0.673. The van der Waals surface area contributed by atoms with Gasteiger partial charge in [0.25, 0.3) is 0 Å². The van der Waals surface area contributed by atoms with Crippen molar-refractivity contribution in [2.45, 2.75) is 13.8 Å². The smallest absolute Gasteiger partial charge is 0.350 e. The van der Waals surface area contributed by atoms with Crippen LogP contribution in [0.1, 0.15) is 11.3 Å². The molecule has 5 nitrogen and oxygen atoms in total. The summed E-state index contributed by atoms with van der Waals surface area (Å²) in [5, 5.41) is 0.449. The third kappa shape index (κ3) is 3.63. The van der Waals surface area contributed by atoms with Gasteiger partial charge in [0.2, 0.25) is 5.88 Å². The number of benzene rings is 2. The van der Waals surface area contributed by atoms with Gasteiger partial charge in [0, 0.05) is 0 Å². The SMILES string of the molecule is Cc1ccc(OCC(=O)Oc2nc3ccccc3nc2C)c(Cl)c1. The number of aryl methyl sites for hydroxylation is 2. The second-order valence-electron chi connectivity index (χ2n) is 5.30. The first kappa shape index (κ1) is 16.2. The third-order valence-electron chi connectivity index (χ3n) is 3.34. The summed E-state index contributed by atoms with van der Waals surface area (Å²) < 4.78 is 10.7. The summed E-state index contributed by atoms with van der Waals surface area (Å²) in [5.41, 5.74) is 2.96. The molecule has 3 aromatic rings. The summed E-state index contributed by atoms with van der Waals surface area (Å²) in [6.07, 6.45) is 0. The Hall–Kier alpha value is -2.66. The van der Waals surface area contributed by atoms with Crippen LogP contribution in [0.5, 0.6) is 11.6 Å². The molecule has 1 heterocycles. The summed E-state index contributed by atoms with van der Waals surface area (Å²) in [6.45, 7) is 3.39. The first-order valence-electron chi connectivity index (χ1n) is 7.36. The molecule has 0 unspecified atom stereocenters. The van der Waals surface area contributed by atoms with Gasteiger partial charge in [-0.15, -0.1) is 0 Å². The lowest BCUT2D eigenvalue weighted by atomic mass is 10.2. The van der Waals surface area contributed by atoms with Gasteiger partial charge in [-0.05, 0) is 43.7 Å². The molecule has 0 amide bonds. The summed E-state index contributed by atoms with van der Waals surface area (Å²) in [6, 6.07) is 12.7. The van der Waals surface area contributed by atoms with Crippen molar-refractivity contribution >= 4 is 28.6 Å². The number of esters is 1. The maximum atomic E-state index is 12.0. The van der Waals surface area contributed by atoms with E-state index in [0.29, 0.717) is 22.0 Å². The molecular formula is C18H15ClN2O3. The molecule has 0 saturated carbocycles. The maximum Gasteiger partial charge on any atom is 0.350 e. The number of aromatic nitrogens is 2. The largest absolute Gasteiger partial charge is 0.480 e. The Labute approximate surface area is 144 Å². The molecule has 0 bridgehead atoms. The van der Waals surface area contributed by atoms with E-state index in [1.807, 2.05) is 37.3 Å². The number of ether oxygens (including phenoxy) is 2. The van der Waals surface area contributed by atoms with Crippen LogP contribution < -0.4 is 9.47 Å². The first-order chi connectivity index (χ1) is 11.5. The highest BCUT2D eigenvalue weighted by atomic mass is 35.5. The number of nitrogens with zero attached hydrogens (tertiary/aromatic N) is 2. The number of carbonyl (C=O) groups excluding carboxylic acids is 1. The second kappa shape index (κ2) is 6.84. The topological polar surface area (TPSA) is 61.3 Å². The van der Waals surface area contributed by atoms with Crippen molar-refractivity contribution in [2.75, 3.05) is 6.61 Å². The third-order valence-corrected chi connectivity index (χ3v) is 3.64. The summed E-state index contributed by atoms with van der Waals surface area (Å²) in [7, 11) is 0. The van der Waals surface area contributed by atoms with Crippen LogP contribution in [-0.4, -0.2) is 22.5 Å². The minimum atomic E-state index is -0.570. The van der Waals surface area contributed by atoms with Gasteiger partial charge in [-0.25, -0.2) is 14.8 Å². The molecule has 0 saturated heterocycles. The number of fused-ring (bicyclic) bond motifs is 1. The molecule has 0 spiro atoms. The van der Waals surface area contributed by atoms with E-state index in [9.17, 15) is 4.79 Å². The number of hydrogen-bond acceptors (Lipinski definition) is 5. The predicted octanol–water partition coefficient (Wildman–Crippen LogP) is 3.88. The molecule has 24 heavy (non-hydrogen) atoms. The Bertz CT molecular complexity index is 912. The monoisotopic (exact) mass is 342 g/mol. The summed E-state index contributed by atoms with van der Waals surface area (Å²) in [5.74, 6) is 0.0390. The normalized spacial score (nSPS) is 10.6. The Morgan fingerprint density at radius 2 is 1.79 bits per heavy atom. The molecule has 0 N–H and O–H groups in total. The molecule has 0 atom stereocenters. The van der Waals surface area contributed by atoms with Crippen molar-refractivity contribution in [1.82, 2.24) is 9.97 Å². The van der Waals surface area contributed by atoms with Gasteiger partial charge in [0.1, 0.15) is 11.4 Å². The van der Waals surface area contributed by atoms with E-state index < -0.39 is 5.97 Å². The van der Waals surface area contributed by atoms with Crippen molar-refractivity contribution in [3.05, 3.63) is 58.7 Å². The standard InChI is InChI=1S/C18H15ClN2O3/c1-11-7-8-16(13(19)9-11)23-10-17(22)24-18-12(2)20-14-5-3-4-6-15(14)21-18/h3-9H,10H2,1-2H3. The number of halogens is 1. The molecule has 0 aliphatic heterocycles. The highest BCUT2D eigenvalue weighted by Gasteiger charge is 2.13. The summed E-state index contributed by atoms with van der Waals surface area (Å²) >= 11 is 6.06. The lowest BCUT2D eigenvalue weighted by Crippen LogP contribution is -2.19. The Kier molecular flexibility index (Phi) is 4.62. The molecule has 0 radical (unpaired) electrons. The average molecular weight is 343 g/mol. The van der Waals surface area contributed by atoms with Crippen molar-refractivity contribution in [2.24, 2.45) is 0 Å². The van der Waals surface area contributed by atoms with E-state index >= 15 is 0 Å². The van der Waals surface area contributed by atoms with E-state index in [-0.39, 0.29) is 12.5 Å². The van der Waals surface area contributed by atoms with Crippen LogP contribution in [0.4, 0.5) is 0 Å². The van der Waals surface area contributed by atoms with E-state index in [0.717, 1.165) is 11.1 Å². The minimum absolute atomic E-state index is 0.178. The van der Waals surface area contributed by atoms with Crippen LogP contribution >= 0.6 is 11.6 Å². The average Bonchev–Trinajstić information content (AvgIpc) is 2.55. The van der Waals surface area contributed by atoms with Crippen molar-refractivity contribution in [3.63, 3.8) is 0 Å². The zero-order valence-corrected chi connectivity index (χ0v) is 14.0. The van der Waals surface area contributed by atoms with Gasteiger partial charge in [0.05, 0.1) is 16.1 Å². The number of para-hydroxylation sites is 2. The number of hydrogen-bond donors (Lipinski definition) is 0. The maximum absolute atomic E-state index is 12.0. The first-order valence-corrected chi connectivity index (χ1v) is 7.74. The van der Waals surface area contributed by atoms with Crippen LogP contribution in [0.3, 0.4) is 0 Å². The lowest BCUT2D eigenvalue weighted by molar-refractivity contribution is -0.136. The molecule has 0 aliphatic carbocycles. The highest BCUT2D eigenvalue weighted by molar-refractivity contribution is 6.32. The van der Waals surface area contributed by atoms with Gasteiger partial charge in [-0.2, -0.15) is 0 Å². The van der Waals surface area contributed by atoms with Gasteiger partial charge < -0.3 is 9.47 Å². The van der Waals surface area contributed by atoms with Gasteiger partial charge >= 0.3 is 5.97 Å². The zero-order chi connectivity index (χ0) is 17.1. The van der Waals surface area contributed by atoms with Gasteiger partial charge in [-0.1, -0.05) is 29.8 Å². The number of rotatable bonds is 4. The van der Waals surface area contributed by atoms with Crippen molar-refractivity contribution in [1.29, 1.82) is 0 Å². The molecule has 2 aromatic carbocycles. The van der Waals surface area contributed by atoms with E-state index in [2.05, 4.69) is 9.97 Å². The van der Waals surface area contributed by atoms with E-state index in [1.54, 1.807) is 19.1 Å². The second-order valence-corrected chi connectivity index (χ2v) is 5.71. The Morgan fingerprint density at radius 3 is 2.50 bits per heavy atom. The van der Waals surface area contributed by atoms with Crippen molar-refractivity contribution in [3.8, 4) is 11.6 Å². The molecule has 3 rings (SSSR count). The lowest BCUT2D eigenvalue weighted by Gasteiger charge is -2.09. The fourth-order valence-electron chi connectivity index (χ4n) is 2.17. The zero-order valence-electron chi connectivity index (χ0n) is 13.2. The molecule has 0 fully saturated rings. The van der Waals surface area contributed by atoms with Gasteiger partial charge in [0.15, 0.2) is 6.61 Å². The molecule has 0 aliphatic rings. The van der Waals surface area contributed by atoms with Crippen molar-refractivity contribution < 1.29 is 14.3 Å². The van der Waals surface area contributed by atoms with Crippen LogP contribution in [0.25, 0.3) is 11.0 Å². The molecule has 1 aromatic heterocycles. The Balaban J connectivity index is 1.69. The van der Waals surface area contributed by atoms with Crippen LogP contribution in [0, 0.1) is 13.8 Å². The molecule has 6 heteroatoms. The number of carbonyl (C=O) groups is 1. The van der Waals surface area contributed by atoms with E-state index in [1.165, 1.54) is 0 Å². The van der Waals surface area contributed by atoms with Crippen LogP contribution in [0.2, 0.25) is 5.02 Å².